The van der Waals surface area contributed by atoms with Crippen molar-refractivity contribution in [3.05, 3.63) is 75.2 Å². The molecule has 0 aliphatic rings. The van der Waals surface area contributed by atoms with E-state index in [1.54, 1.807) is 7.11 Å². The lowest BCUT2D eigenvalue weighted by molar-refractivity contribution is 0.282. The number of nitrogens with zero attached hydrogens (tertiary/aromatic N) is 1. The number of hydrogen-bond acceptors (Lipinski definition) is 3. The van der Waals surface area contributed by atoms with Gasteiger partial charge in [-0.2, -0.15) is 0 Å². The molecule has 0 amide bonds. The van der Waals surface area contributed by atoms with Gasteiger partial charge in [0.05, 0.1) is 22.6 Å². The van der Waals surface area contributed by atoms with Crippen LogP contribution < -0.4 is 9.47 Å². The Hall–Kier alpha value is -2.31. The smallest absolute Gasteiger partial charge is 0.175 e. The summed E-state index contributed by atoms with van der Waals surface area (Å²) in [5.74, 6) is 2.10. The highest BCUT2D eigenvalue weighted by Crippen LogP contribution is 2.39. The zero-order valence-corrected chi connectivity index (χ0v) is 17.7. The summed E-state index contributed by atoms with van der Waals surface area (Å²) in [7, 11) is 1.64. The monoisotopic (exact) mass is 486 g/mol. The Bertz CT molecular complexity index is 1060. The van der Waals surface area contributed by atoms with E-state index in [-0.39, 0.29) is 0 Å². The Balaban J connectivity index is 1.64. The van der Waals surface area contributed by atoms with Crippen LogP contribution >= 0.6 is 31.9 Å². The highest BCUT2D eigenvalue weighted by Gasteiger charge is 2.15. The van der Waals surface area contributed by atoms with E-state index >= 15 is 0 Å². The maximum Gasteiger partial charge on any atom is 0.175 e. The molecule has 0 aliphatic heterocycles. The molecule has 27 heavy (non-hydrogen) atoms. The average molecular weight is 488 g/mol. The van der Waals surface area contributed by atoms with Crippen molar-refractivity contribution in [1.82, 2.24) is 9.97 Å². The van der Waals surface area contributed by atoms with E-state index in [2.05, 4.69) is 41.8 Å². The molecule has 6 heteroatoms. The molecule has 0 saturated heterocycles. The first-order valence-electron chi connectivity index (χ1n) is 8.34. The van der Waals surface area contributed by atoms with Crippen LogP contribution in [0.25, 0.3) is 22.4 Å². The number of halogens is 2. The summed E-state index contributed by atoms with van der Waals surface area (Å²) in [6.45, 7) is 0.451. The molecule has 136 valence electrons. The van der Waals surface area contributed by atoms with Crippen molar-refractivity contribution >= 4 is 42.9 Å². The highest BCUT2D eigenvalue weighted by molar-refractivity contribution is 9.10. The molecule has 4 nitrogen and oxygen atoms in total. The summed E-state index contributed by atoms with van der Waals surface area (Å²) in [6.07, 6.45) is 0. The van der Waals surface area contributed by atoms with E-state index in [9.17, 15) is 0 Å². The fraction of sp³-hybridized carbons (Fsp3) is 0.0952. The van der Waals surface area contributed by atoms with Gasteiger partial charge in [0.1, 0.15) is 12.4 Å². The summed E-state index contributed by atoms with van der Waals surface area (Å²) < 4.78 is 13.4. The van der Waals surface area contributed by atoms with Gasteiger partial charge in [-0.05, 0) is 57.9 Å². The van der Waals surface area contributed by atoms with Gasteiger partial charge in [-0.1, -0.05) is 40.2 Å². The van der Waals surface area contributed by atoms with Crippen LogP contribution in [0.5, 0.6) is 11.5 Å². The van der Waals surface area contributed by atoms with E-state index in [1.165, 1.54) is 0 Å². The van der Waals surface area contributed by atoms with Crippen molar-refractivity contribution in [2.45, 2.75) is 6.61 Å². The number of aromatic amines is 1. The van der Waals surface area contributed by atoms with Crippen LogP contribution in [0.15, 0.2) is 69.6 Å². The summed E-state index contributed by atoms with van der Waals surface area (Å²) in [6, 6.07) is 19.9. The van der Waals surface area contributed by atoms with Crippen molar-refractivity contribution in [3.8, 4) is 22.9 Å². The zero-order chi connectivity index (χ0) is 18.8. The molecular weight excluding hydrogens is 472 g/mol. The lowest BCUT2D eigenvalue weighted by atomic mass is 10.2. The van der Waals surface area contributed by atoms with E-state index in [4.69, 9.17) is 9.47 Å². The number of nitrogens with one attached hydrogen (secondary N) is 1. The van der Waals surface area contributed by atoms with Crippen LogP contribution in [-0.4, -0.2) is 17.1 Å². The minimum Gasteiger partial charge on any atom is -0.493 e. The number of fused-ring (bicyclic) bond motifs is 1. The van der Waals surface area contributed by atoms with Crippen LogP contribution in [0.1, 0.15) is 5.56 Å². The largest absolute Gasteiger partial charge is 0.493 e. The normalized spacial score (nSPS) is 10.9. The summed E-state index contributed by atoms with van der Waals surface area (Å²) in [4.78, 5) is 7.99. The van der Waals surface area contributed by atoms with Gasteiger partial charge < -0.3 is 14.5 Å². The molecule has 0 radical (unpaired) electrons. The van der Waals surface area contributed by atoms with Crippen molar-refractivity contribution in [1.29, 1.82) is 0 Å². The minimum atomic E-state index is 0.451. The lowest BCUT2D eigenvalue weighted by Crippen LogP contribution is -1.99. The van der Waals surface area contributed by atoms with Crippen LogP contribution in [0.4, 0.5) is 0 Å². The van der Waals surface area contributed by atoms with Crippen molar-refractivity contribution in [2.75, 3.05) is 7.11 Å². The molecule has 1 N–H and O–H groups in total. The summed E-state index contributed by atoms with van der Waals surface area (Å²) >= 11 is 7.05. The van der Waals surface area contributed by atoms with Crippen LogP contribution in [0.3, 0.4) is 0 Å². The third-order valence-corrected chi connectivity index (χ3v) is 5.31. The molecular formula is C21H16Br2N2O2. The number of ether oxygens (including phenoxy) is 2. The molecule has 1 heterocycles. The quantitative estimate of drug-likeness (QED) is 0.357. The lowest BCUT2D eigenvalue weighted by Gasteiger charge is -2.14. The van der Waals surface area contributed by atoms with Gasteiger partial charge in [-0.15, -0.1) is 0 Å². The maximum atomic E-state index is 6.02. The molecule has 0 atom stereocenters. The highest BCUT2D eigenvalue weighted by atomic mass is 79.9. The zero-order valence-electron chi connectivity index (χ0n) is 14.5. The predicted octanol–water partition coefficient (Wildman–Crippen LogP) is 6.34. The second kappa shape index (κ2) is 7.74. The van der Waals surface area contributed by atoms with Crippen LogP contribution in [0.2, 0.25) is 0 Å². The number of para-hydroxylation sites is 2. The maximum absolute atomic E-state index is 6.02. The van der Waals surface area contributed by atoms with Crippen molar-refractivity contribution < 1.29 is 9.47 Å². The van der Waals surface area contributed by atoms with Gasteiger partial charge >= 0.3 is 0 Å². The van der Waals surface area contributed by atoms with Gasteiger partial charge in [-0.25, -0.2) is 4.98 Å². The SMILES string of the molecule is COc1cc(-c2nc3ccccc3[nH]2)cc(Br)c1OCc1ccc(Br)cc1. The van der Waals surface area contributed by atoms with Crippen molar-refractivity contribution in [3.63, 3.8) is 0 Å². The average Bonchev–Trinajstić information content (AvgIpc) is 3.12. The number of H-pyrrole nitrogens is 1. The van der Waals surface area contributed by atoms with E-state index in [0.29, 0.717) is 18.1 Å². The molecule has 4 aromatic rings. The van der Waals surface area contributed by atoms with Crippen molar-refractivity contribution in [2.24, 2.45) is 0 Å². The van der Waals surface area contributed by atoms with Crippen LogP contribution in [-0.2, 0) is 6.61 Å². The van der Waals surface area contributed by atoms with Crippen LogP contribution in [0, 0.1) is 0 Å². The summed E-state index contributed by atoms with van der Waals surface area (Å²) in [5, 5.41) is 0. The molecule has 1 aromatic heterocycles. The summed E-state index contributed by atoms with van der Waals surface area (Å²) in [5.41, 5.74) is 3.93. The van der Waals surface area contributed by atoms with E-state index in [0.717, 1.165) is 36.9 Å². The molecule has 0 fully saturated rings. The number of rotatable bonds is 5. The second-order valence-corrected chi connectivity index (χ2v) is 7.78. The molecule has 3 aromatic carbocycles. The Morgan fingerprint density at radius 3 is 2.52 bits per heavy atom. The minimum absolute atomic E-state index is 0.451. The van der Waals surface area contributed by atoms with Gasteiger partial charge in [-0.3, -0.25) is 0 Å². The third kappa shape index (κ3) is 3.87. The molecule has 0 spiro atoms. The number of hydrogen-bond donors (Lipinski definition) is 1. The Morgan fingerprint density at radius 2 is 1.78 bits per heavy atom. The third-order valence-electron chi connectivity index (χ3n) is 4.19. The number of benzene rings is 3. The first-order chi connectivity index (χ1) is 13.1. The Kier molecular flexibility index (Phi) is 5.18. The van der Waals surface area contributed by atoms with E-state index < -0.39 is 0 Å². The van der Waals surface area contributed by atoms with Gasteiger partial charge in [0.25, 0.3) is 0 Å². The Labute approximate surface area is 173 Å². The predicted molar refractivity (Wildman–Crippen MR) is 114 cm³/mol. The van der Waals surface area contributed by atoms with Gasteiger partial charge in [0.2, 0.25) is 0 Å². The molecule has 0 unspecified atom stereocenters. The molecule has 0 aliphatic carbocycles. The van der Waals surface area contributed by atoms with E-state index in [1.807, 2.05) is 60.7 Å². The number of imidazole rings is 1. The fourth-order valence-corrected chi connectivity index (χ4v) is 3.64. The first kappa shape index (κ1) is 18.1. The topological polar surface area (TPSA) is 47.1 Å². The number of methoxy groups -OCH3 is 1. The molecule has 0 bridgehead atoms. The molecule has 4 rings (SSSR count). The first-order valence-corrected chi connectivity index (χ1v) is 9.92. The fourth-order valence-electron chi connectivity index (χ4n) is 2.82. The van der Waals surface area contributed by atoms with Gasteiger partial charge in [0, 0.05) is 10.0 Å². The standard InChI is InChI=1S/C21H16Br2N2O2/c1-26-19-11-14(21-24-17-4-2-3-5-18(17)25-21)10-16(23)20(19)27-12-13-6-8-15(22)9-7-13/h2-11H,12H2,1H3,(H,24,25). The molecule has 0 saturated carbocycles. The second-order valence-electron chi connectivity index (χ2n) is 6.01. The number of aromatic nitrogens is 2. The van der Waals surface area contributed by atoms with Gasteiger partial charge in [0.15, 0.2) is 11.5 Å². The Morgan fingerprint density at radius 1 is 1.00 bits per heavy atom.